The van der Waals surface area contributed by atoms with Crippen LogP contribution in [0.15, 0.2) is 6.20 Å². The van der Waals surface area contributed by atoms with Crippen LogP contribution in [0.1, 0.15) is 55.8 Å². The van der Waals surface area contributed by atoms with Crippen molar-refractivity contribution in [1.29, 1.82) is 0 Å². The lowest BCUT2D eigenvalue weighted by molar-refractivity contribution is 0.0751. The van der Waals surface area contributed by atoms with Crippen LogP contribution in [0.2, 0.25) is 0 Å². The molecular weight excluding hydrogens is 240 g/mol. The number of carbonyl (C=O) groups is 1. The molecule has 19 heavy (non-hydrogen) atoms. The molecule has 0 atom stereocenters. The van der Waals surface area contributed by atoms with Crippen molar-refractivity contribution in [3.05, 3.63) is 17.7 Å². The summed E-state index contributed by atoms with van der Waals surface area (Å²) < 4.78 is 0. The molecular formula is C14H22N4O. The molecule has 1 fully saturated rings. The molecule has 0 radical (unpaired) electrons. The van der Waals surface area contributed by atoms with E-state index >= 15 is 0 Å². The number of rotatable bonds is 5. The van der Waals surface area contributed by atoms with E-state index in [0.29, 0.717) is 29.7 Å². The Bertz CT molecular complexity index is 469. The van der Waals surface area contributed by atoms with Gasteiger partial charge in [0, 0.05) is 19.0 Å². The average molecular weight is 262 g/mol. The van der Waals surface area contributed by atoms with Crippen molar-refractivity contribution in [3.8, 4) is 0 Å². The molecule has 5 heteroatoms. The van der Waals surface area contributed by atoms with Gasteiger partial charge in [0.15, 0.2) is 5.69 Å². The van der Waals surface area contributed by atoms with E-state index in [0.717, 1.165) is 6.54 Å². The number of aromatic nitrogens is 2. The number of nitrogens with zero attached hydrogens (tertiary/aromatic N) is 3. The minimum absolute atomic E-state index is 0.0730. The predicted molar refractivity (Wildman–Crippen MR) is 74.8 cm³/mol. The predicted octanol–water partition coefficient (Wildman–Crippen LogP) is 2.05. The number of amides is 1. The minimum atomic E-state index is -0.0730. The van der Waals surface area contributed by atoms with Gasteiger partial charge in [-0.1, -0.05) is 13.8 Å². The molecule has 0 spiro atoms. The Morgan fingerprint density at radius 2 is 2.21 bits per heavy atom. The summed E-state index contributed by atoms with van der Waals surface area (Å²) in [7, 11) is 0. The summed E-state index contributed by atoms with van der Waals surface area (Å²) >= 11 is 0. The van der Waals surface area contributed by atoms with Crippen molar-refractivity contribution in [2.24, 2.45) is 5.92 Å². The molecule has 5 nitrogen and oxygen atoms in total. The summed E-state index contributed by atoms with van der Waals surface area (Å²) in [5, 5.41) is 0. The van der Waals surface area contributed by atoms with Gasteiger partial charge in [-0.2, -0.15) is 0 Å². The van der Waals surface area contributed by atoms with Gasteiger partial charge >= 0.3 is 0 Å². The van der Waals surface area contributed by atoms with E-state index in [1.807, 2.05) is 25.7 Å². The van der Waals surface area contributed by atoms with Crippen molar-refractivity contribution in [3.63, 3.8) is 0 Å². The molecule has 1 aromatic heterocycles. The van der Waals surface area contributed by atoms with Gasteiger partial charge in [-0.15, -0.1) is 0 Å². The second-order valence-corrected chi connectivity index (χ2v) is 5.47. The van der Waals surface area contributed by atoms with E-state index in [-0.39, 0.29) is 11.8 Å². The van der Waals surface area contributed by atoms with Gasteiger partial charge in [-0.3, -0.25) is 4.79 Å². The molecule has 2 rings (SSSR count). The van der Waals surface area contributed by atoms with Crippen LogP contribution in [-0.4, -0.2) is 33.9 Å². The summed E-state index contributed by atoms with van der Waals surface area (Å²) in [4.78, 5) is 22.8. The Labute approximate surface area is 114 Å². The van der Waals surface area contributed by atoms with Crippen molar-refractivity contribution in [1.82, 2.24) is 14.9 Å². The molecule has 1 aliphatic rings. The van der Waals surface area contributed by atoms with Gasteiger partial charge < -0.3 is 10.6 Å². The molecule has 1 aliphatic carbocycles. The summed E-state index contributed by atoms with van der Waals surface area (Å²) in [6.07, 6.45) is 3.99. The molecule has 1 saturated carbocycles. The molecule has 0 aliphatic heterocycles. The van der Waals surface area contributed by atoms with Gasteiger partial charge in [-0.25, -0.2) is 9.97 Å². The van der Waals surface area contributed by atoms with Crippen molar-refractivity contribution in [2.45, 2.75) is 39.5 Å². The van der Waals surface area contributed by atoms with E-state index in [9.17, 15) is 4.79 Å². The maximum absolute atomic E-state index is 12.5. The zero-order valence-electron chi connectivity index (χ0n) is 11.9. The van der Waals surface area contributed by atoms with Gasteiger partial charge in [-0.05, 0) is 25.7 Å². The minimum Gasteiger partial charge on any atom is -0.396 e. The largest absolute Gasteiger partial charge is 0.396 e. The fourth-order valence-electron chi connectivity index (χ4n) is 1.97. The number of nitrogen functional groups attached to an aromatic ring is 1. The second kappa shape index (κ2) is 5.55. The molecule has 1 heterocycles. The first-order valence-electron chi connectivity index (χ1n) is 6.94. The highest BCUT2D eigenvalue weighted by atomic mass is 16.2. The highest BCUT2D eigenvalue weighted by molar-refractivity contribution is 5.97. The molecule has 0 bridgehead atoms. The Morgan fingerprint density at radius 3 is 2.74 bits per heavy atom. The molecule has 104 valence electrons. The van der Waals surface area contributed by atoms with Crippen LogP contribution in [0, 0.1) is 5.92 Å². The monoisotopic (exact) mass is 262 g/mol. The van der Waals surface area contributed by atoms with Crippen LogP contribution in [0.5, 0.6) is 0 Å². The third-order valence-corrected chi connectivity index (χ3v) is 3.40. The zero-order chi connectivity index (χ0) is 14.0. The molecule has 1 aromatic rings. The first kappa shape index (κ1) is 13.8. The van der Waals surface area contributed by atoms with Gasteiger partial charge in [0.1, 0.15) is 5.82 Å². The maximum atomic E-state index is 12.5. The number of carbonyl (C=O) groups excluding carboxylic acids is 1. The average Bonchev–Trinajstić information content (AvgIpc) is 3.19. The number of hydrogen-bond donors (Lipinski definition) is 1. The van der Waals surface area contributed by atoms with Crippen LogP contribution in [-0.2, 0) is 0 Å². The Kier molecular flexibility index (Phi) is 4.02. The quantitative estimate of drug-likeness (QED) is 0.881. The fraction of sp³-hybridized carbons (Fsp3) is 0.643. The van der Waals surface area contributed by atoms with Crippen LogP contribution in [0.25, 0.3) is 0 Å². The first-order valence-corrected chi connectivity index (χ1v) is 6.94. The fourth-order valence-corrected chi connectivity index (χ4v) is 1.97. The normalized spacial score (nSPS) is 14.7. The maximum Gasteiger partial charge on any atom is 0.274 e. The van der Waals surface area contributed by atoms with E-state index < -0.39 is 0 Å². The summed E-state index contributed by atoms with van der Waals surface area (Å²) in [6.45, 7) is 7.50. The second-order valence-electron chi connectivity index (χ2n) is 5.47. The number of nitrogens with two attached hydrogens (primary N) is 1. The number of anilines is 1. The van der Waals surface area contributed by atoms with E-state index in [2.05, 4.69) is 9.97 Å². The Hall–Kier alpha value is -1.65. The SMILES string of the molecule is CCN(CC1CC1)C(=O)c1nc(C(C)C)ncc1N. The molecule has 0 unspecified atom stereocenters. The third kappa shape index (κ3) is 3.22. The standard InChI is InChI=1S/C14H22N4O/c1-4-18(8-10-5-6-10)14(19)12-11(15)7-16-13(17-12)9(2)3/h7,9-10H,4-6,8,15H2,1-3H3. The highest BCUT2D eigenvalue weighted by Gasteiger charge is 2.28. The summed E-state index contributed by atoms with van der Waals surface area (Å²) in [6, 6.07) is 0. The van der Waals surface area contributed by atoms with Crippen molar-refractivity contribution in [2.75, 3.05) is 18.8 Å². The lowest BCUT2D eigenvalue weighted by Crippen LogP contribution is -2.34. The zero-order valence-corrected chi connectivity index (χ0v) is 11.9. The summed E-state index contributed by atoms with van der Waals surface area (Å²) in [5.41, 5.74) is 6.57. The smallest absolute Gasteiger partial charge is 0.274 e. The van der Waals surface area contributed by atoms with E-state index in [1.165, 1.54) is 12.8 Å². The lowest BCUT2D eigenvalue weighted by atomic mass is 10.2. The van der Waals surface area contributed by atoms with E-state index in [4.69, 9.17) is 5.73 Å². The van der Waals surface area contributed by atoms with E-state index in [1.54, 1.807) is 6.20 Å². The van der Waals surface area contributed by atoms with Gasteiger partial charge in [0.2, 0.25) is 0 Å². The van der Waals surface area contributed by atoms with Crippen LogP contribution in [0.4, 0.5) is 5.69 Å². The van der Waals surface area contributed by atoms with Crippen LogP contribution in [0.3, 0.4) is 0 Å². The van der Waals surface area contributed by atoms with Crippen molar-refractivity contribution < 1.29 is 4.79 Å². The Balaban J connectivity index is 2.22. The first-order chi connectivity index (χ1) is 9.02. The molecule has 2 N–H and O–H groups in total. The summed E-state index contributed by atoms with van der Waals surface area (Å²) in [5.74, 6) is 1.44. The van der Waals surface area contributed by atoms with Gasteiger partial charge in [0.05, 0.1) is 11.9 Å². The topological polar surface area (TPSA) is 72.1 Å². The molecule has 0 aromatic carbocycles. The lowest BCUT2D eigenvalue weighted by Gasteiger charge is -2.21. The highest BCUT2D eigenvalue weighted by Crippen LogP contribution is 2.30. The molecule has 0 saturated heterocycles. The Morgan fingerprint density at radius 1 is 1.53 bits per heavy atom. The van der Waals surface area contributed by atoms with Crippen LogP contribution < -0.4 is 5.73 Å². The number of hydrogen-bond acceptors (Lipinski definition) is 4. The van der Waals surface area contributed by atoms with Crippen molar-refractivity contribution >= 4 is 11.6 Å². The van der Waals surface area contributed by atoms with Crippen LogP contribution >= 0.6 is 0 Å². The van der Waals surface area contributed by atoms with Gasteiger partial charge in [0.25, 0.3) is 5.91 Å². The molecule has 1 amide bonds. The third-order valence-electron chi connectivity index (χ3n) is 3.40.